The van der Waals surface area contributed by atoms with Gasteiger partial charge in [0.05, 0.1) is 23.5 Å². The number of hydrazine groups is 1. The number of hydrogen-bond acceptors (Lipinski definition) is 5. The van der Waals surface area contributed by atoms with Crippen molar-refractivity contribution in [3.8, 4) is 0 Å². The van der Waals surface area contributed by atoms with Crippen LogP contribution in [0.4, 0.5) is 0 Å². The Bertz CT molecular complexity index is 866. The van der Waals surface area contributed by atoms with E-state index in [9.17, 15) is 9.59 Å². The van der Waals surface area contributed by atoms with E-state index in [1.807, 2.05) is 53.9 Å². The number of carbonyl (C=O) groups excluding carboxylic acids is 2. The fourth-order valence-corrected chi connectivity index (χ4v) is 3.15. The van der Waals surface area contributed by atoms with Gasteiger partial charge in [-0.1, -0.05) is 36.4 Å². The lowest BCUT2D eigenvalue weighted by Gasteiger charge is -2.06. The van der Waals surface area contributed by atoms with Crippen LogP contribution >= 0.6 is 11.3 Å². The number of pyridine rings is 1. The van der Waals surface area contributed by atoms with Crippen LogP contribution in [0, 0.1) is 0 Å². The van der Waals surface area contributed by atoms with E-state index in [2.05, 4.69) is 20.8 Å². The normalized spacial score (nSPS) is 10.3. The Hall–Kier alpha value is -3.06. The smallest absolute Gasteiger partial charge is 0.244 e. The molecule has 0 unspecified atom stereocenters. The number of benzene rings is 1. The number of nitrogens with zero attached hydrogens (tertiary/aromatic N) is 2. The standard InChI is InChI=1S/C19H18N4O2S/c24-17(10-14-6-2-1-3-7-14)22-23-18(25)11-16-13-26-19(21-16)12-15-8-4-5-9-20-15/h1-9,13H,10-12H2,(H,22,24)(H,23,25). The maximum absolute atomic E-state index is 12.0. The van der Waals surface area contributed by atoms with Crippen LogP contribution in [-0.4, -0.2) is 21.8 Å². The van der Waals surface area contributed by atoms with Gasteiger partial charge in [0.25, 0.3) is 0 Å². The first kappa shape index (κ1) is 17.8. The third-order valence-electron chi connectivity index (χ3n) is 3.55. The Labute approximate surface area is 155 Å². The maximum atomic E-state index is 12.0. The van der Waals surface area contributed by atoms with E-state index in [0.717, 1.165) is 16.3 Å². The summed E-state index contributed by atoms with van der Waals surface area (Å²) in [5, 5.41) is 2.75. The van der Waals surface area contributed by atoms with Crippen molar-refractivity contribution in [1.29, 1.82) is 0 Å². The van der Waals surface area contributed by atoms with Crippen LogP contribution in [0.2, 0.25) is 0 Å². The molecule has 2 amide bonds. The van der Waals surface area contributed by atoms with Crippen molar-refractivity contribution in [1.82, 2.24) is 20.8 Å². The summed E-state index contributed by atoms with van der Waals surface area (Å²) >= 11 is 1.49. The van der Waals surface area contributed by atoms with Crippen LogP contribution in [0.25, 0.3) is 0 Å². The van der Waals surface area contributed by atoms with Crippen molar-refractivity contribution in [3.05, 3.63) is 82.1 Å². The first-order chi connectivity index (χ1) is 12.7. The highest BCUT2D eigenvalue weighted by Gasteiger charge is 2.10. The van der Waals surface area contributed by atoms with Gasteiger partial charge in [0, 0.05) is 23.7 Å². The number of hydrogen-bond donors (Lipinski definition) is 2. The lowest BCUT2D eigenvalue weighted by atomic mass is 10.1. The van der Waals surface area contributed by atoms with Gasteiger partial charge in [0.2, 0.25) is 11.8 Å². The molecule has 2 heterocycles. The minimum absolute atomic E-state index is 0.115. The summed E-state index contributed by atoms with van der Waals surface area (Å²) in [6, 6.07) is 15.1. The molecule has 2 aromatic heterocycles. The molecule has 7 heteroatoms. The number of rotatable bonds is 6. The highest BCUT2D eigenvalue weighted by Crippen LogP contribution is 2.14. The highest BCUT2D eigenvalue weighted by atomic mass is 32.1. The molecule has 3 aromatic rings. The van der Waals surface area contributed by atoms with Crippen molar-refractivity contribution < 1.29 is 9.59 Å². The lowest BCUT2D eigenvalue weighted by molar-refractivity contribution is -0.128. The molecule has 0 fully saturated rings. The Morgan fingerprint density at radius 2 is 1.62 bits per heavy atom. The summed E-state index contributed by atoms with van der Waals surface area (Å²) in [4.78, 5) is 32.5. The average Bonchev–Trinajstić information content (AvgIpc) is 3.08. The molecule has 0 spiro atoms. The predicted octanol–water partition coefficient (Wildman–Crippen LogP) is 2.06. The number of thiazole rings is 1. The molecule has 0 aliphatic heterocycles. The molecule has 26 heavy (non-hydrogen) atoms. The topological polar surface area (TPSA) is 84.0 Å². The van der Waals surface area contributed by atoms with Gasteiger partial charge >= 0.3 is 0 Å². The van der Waals surface area contributed by atoms with Crippen molar-refractivity contribution in [2.45, 2.75) is 19.3 Å². The van der Waals surface area contributed by atoms with E-state index >= 15 is 0 Å². The molecule has 0 aliphatic rings. The molecule has 0 atom stereocenters. The Balaban J connectivity index is 1.44. The average molecular weight is 366 g/mol. The summed E-state index contributed by atoms with van der Waals surface area (Å²) in [6.45, 7) is 0. The lowest BCUT2D eigenvalue weighted by Crippen LogP contribution is -2.43. The van der Waals surface area contributed by atoms with Crippen LogP contribution in [0.1, 0.15) is 22.0 Å². The first-order valence-corrected chi connectivity index (χ1v) is 9.02. The summed E-state index contributed by atoms with van der Waals surface area (Å²) in [5.41, 5.74) is 7.35. The molecule has 1 aromatic carbocycles. The molecule has 3 rings (SSSR count). The van der Waals surface area contributed by atoms with Crippen molar-refractivity contribution in [2.24, 2.45) is 0 Å². The zero-order chi connectivity index (χ0) is 18.2. The molecule has 132 valence electrons. The fourth-order valence-electron chi connectivity index (χ4n) is 2.34. The minimum atomic E-state index is -0.305. The third-order valence-corrected chi connectivity index (χ3v) is 4.45. The molecule has 2 N–H and O–H groups in total. The number of aromatic nitrogens is 2. The van der Waals surface area contributed by atoms with E-state index in [1.54, 1.807) is 6.20 Å². The molecule has 0 bridgehead atoms. The largest absolute Gasteiger partial charge is 0.273 e. The van der Waals surface area contributed by atoms with Crippen LogP contribution < -0.4 is 10.9 Å². The van der Waals surface area contributed by atoms with Gasteiger partial charge in [0.1, 0.15) is 0 Å². The van der Waals surface area contributed by atoms with Gasteiger partial charge in [-0.15, -0.1) is 11.3 Å². The minimum Gasteiger partial charge on any atom is -0.273 e. The molecule has 0 saturated heterocycles. The monoisotopic (exact) mass is 366 g/mol. The fraction of sp³-hybridized carbons (Fsp3) is 0.158. The predicted molar refractivity (Wildman–Crippen MR) is 99.3 cm³/mol. The summed E-state index contributed by atoms with van der Waals surface area (Å²) in [6.07, 6.45) is 2.72. The number of amides is 2. The van der Waals surface area contributed by atoms with Crippen molar-refractivity contribution in [2.75, 3.05) is 0 Å². The van der Waals surface area contributed by atoms with E-state index in [-0.39, 0.29) is 24.7 Å². The number of nitrogens with one attached hydrogen (secondary N) is 2. The van der Waals surface area contributed by atoms with Crippen molar-refractivity contribution >= 4 is 23.2 Å². The molecule has 6 nitrogen and oxygen atoms in total. The summed E-state index contributed by atoms with van der Waals surface area (Å²) < 4.78 is 0. The van der Waals surface area contributed by atoms with Gasteiger partial charge in [-0.3, -0.25) is 25.4 Å². The summed E-state index contributed by atoms with van der Waals surface area (Å²) in [7, 11) is 0. The summed E-state index contributed by atoms with van der Waals surface area (Å²) in [5.74, 6) is -0.570. The quantitative estimate of drug-likeness (QED) is 0.654. The van der Waals surface area contributed by atoms with Gasteiger partial charge in [0.15, 0.2) is 0 Å². The number of carbonyl (C=O) groups is 2. The van der Waals surface area contributed by atoms with Gasteiger partial charge in [-0.25, -0.2) is 4.98 Å². The molecule has 0 saturated carbocycles. The SMILES string of the molecule is O=C(Cc1ccccc1)NNC(=O)Cc1csc(Cc2ccccn2)n1. The zero-order valence-electron chi connectivity index (χ0n) is 14.0. The van der Waals surface area contributed by atoms with E-state index < -0.39 is 0 Å². The van der Waals surface area contributed by atoms with Gasteiger partial charge in [-0.05, 0) is 17.7 Å². The van der Waals surface area contributed by atoms with E-state index in [1.165, 1.54) is 11.3 Å². The molecular weight excluding hydrogens is 348 g/mol. The molecule has 0 radical (unpaired) electrons. The highest BCUT2D eigenvalue weighted by molar-refractivity contribution is 7.09. The second kappa shape index (κ2) is 8.87. The molecule has 0 aliphatic carbocycles. The van der Waals surface area contributed by atoms with Crippen LogP contribution in [-0.2, 0) is 28.9 Å². The molecular formula is C19H18N4O2S. The van der Waals surface area contributed by atoms with Crippen LogP contribution in [0.3, 0.4) is 0 Å². The Kier molecular flexibility index (Phi) is 6.05. The van der Waals surface area contributed by atoms with Crippen LogP contribution in [0.15, 0.2) is 60.1 Å². The van der Waals surface area contributed by atoms with E-state index in [4.69, 9.17) is 0 Å². The Morgan fingerprint density at radius 3 is 2.35 bits per heavy atom. The first-order valence-electron chi connectivity index (χ1n) is 8.14. The van der Waals surface area contributed by atoms with E-state index in [0.29, 0.717) is 12.1 Å². The van der Waals surface area contributed by atoms with Gasteiger partial charge < -0.3 is 0 Å². The van der Waals surface area contributed by atoms with Crippen LogP contribution in [0.5, 0.6) is 0 Å². The third kappa shape index (κ3) is 5.49. The van der Waals surface area contributed by atoms with Gasteiger partial charge in [-0.2, -0.15) is 0 Å². The zero-order valence-corrected chi connectivity index (χ0v) is 14.8. The maximum Gasteiger partial charge on any atom is 0.244 e. The Morgan fingerprint density at radius 1 is 0.885 bits per heavy atom. The van der Waals surface area contributed by atoms with Crippen molar-refractivity contribution in [3.63, 3.8) is 0 Å². The second-order valence-corrected chi connectivity index (χ2v) is 6.61. The second-order valence-electron chi connectivity index (χ2n) is 5.67.